The van der Waals surface area contributed by atoms with Crippen LogP contribution in [0.4, 0.5) is 5.69 Å². The molecule has 6 nitrogen and oxygen atoms in total. The van der Waals surface area contributed by atoms with Crippen molar-refractivity contribution in [2.24, 2.45) is 0 Å². The molecule has 8 heteroatoms. The number of carbonyl (C=O) groups is 1. The fraction of sp³-hybridized carbons (Fsp3) is 0.350. The standard InChI is InChI=1S/C20H27N3O3S.ClH/c1-4-23(5-2)27(25,26)18-11-6-15(3)19(14-18)20(24)22-13-12-16-7-9-17(21)10-8-16;/h6-11,14H,4-5,12-13,21H2,1-3H3,(H,22,24);1H. The first-order valence-corrected chi connectivity index (χ1v) is 10.5. The number of nitrogens with one attached hydrogen (secondary N) is 1. The van der Waals surface area contributed by atoms with Crippen molar-refractivity contribution in [1.29, 1.82) is 0 Å². The molecule has 28 heavy (non-hydrogen) atoms. The maximum Gasteiger partial charge on any atom is 0.251 e. The number of benzene rings is 2. The van der Waals surface area contributed by atoms with E-state index in [-0.39, 0.29) is 23.2 Å². The molecule has 0 spiro atoms. The van der Waals surface area contributed by atoms with Gasteiger partial charge in [0.05, 0.1) is 4.90 Å². The van der Waals surface area contributed by atoms with Crippen LogP contribution in [0.25, 0.3) is 0 Å². The van der Waals surface area contributed by atoms with E-state index >= 15 is 0 Å². The van der Waals surface area contributed by atoms with Gasteiger partial charge in [0.1, 0.15) is 0 Å². The summed E-state index contributed by atoms with van der Waals surface area (Å²) >= 11 is 0. The number of nitrogen functional groups attached to an aromatic ring is 1. The van der Waals surface area contributed by atoms with Gasteiger partial charge in [-0.2, -0.15) is 4.31 Å². The van der Waals surface area contributed by atoms with Crippen molar-refractivity contribution in [1.82, 2.24) is 9.62 Å². The van der Waals surface area contributed by atoms with Crippen molar-refractivity contribution in [3.8, 4) is 0 Å². The molecule has 0 fully saturated rings. The summed E-state index contributed by atoms with van der Waals surface area (Å²) in [6, 6.07) is 12.2. The highest BCUT2D eigenvalue weighted by atomic mass is 35.5. The molecule has 0 radical (unpaired) electrons. The number of anilines is 1. The van der Waals surface area contributed by atoms with Crippen molar-refractivity contribution in [3.05, 3.63) is 59.2 Å². The van der Waals surface area contributed by atoms with Gasteiger partial charge in [0.15, 0.2) is 0 Å². The fourth-order valence-electron chi connectivity index (χ4n) is 2.82. The Labute approximate surface area is 173 Å². The number of nitrogens with two attached hydrogens (primary N) is 1. The van der Waals surface area contributed by atoms with Crippen molar-refractivity contribution in [3.63, 3.8) is 0 Å². The van der Waals surface area contributed by atoms with E-state index < -0.39 is 10.0 Å². The van der Waals surface area contributed by atoms with E-state index in [1.807, 2.05) is 24.3 Å². The van der Waals surface area contributed by atoms with E-state index in [4.69, 9.17) is 5.73 Å². The molecule has 0 saturated carbocycles. The number of rotatable bonds is 8. The summed E-state index contributed by atoms with van der Waals surface area (Å²) in [4.78, 5) is 12.7. The third-order valence-electron chi connectivity index (χ3n) is 4.48. The predicted octanol–water partition coefficient (Wildman–Crippen LogP) is 3.00. The predicted molar refractivity (Wildman–Crippen MR) is 115 cm³/mol. The summed E-state index contributed by atoms with van der Waals surface area (Å²) in [5.74, 6) is -0.278. The van der Waals surface area contributed by atoms with Crippen molar-refractivity contribution < 1.29 is 13.2 Å². The molecule has 0 aliphatic carbocycles. The van der Waals surface area contributed by atoms with Crippen LogP contribution in [0.3, 0.4) is 0 Å². The SMILES string of the molecule is CCN(CC)S(=O)(=O)c1ccc(C)c(C(=O)NCCc2ccc(N)cc2)c1.Cl. The van der Waals surface area contributed by atoms with E-state index in [9.17, 15) is 13.2 Å². The Morgan fingerprint density at radius 2 is 1.68 bits per heavy atom. The smallest absolute Gasteiger partial charge is 0.251 e. The monoisotopic (exact) mass is 425 g/mol. The first kappa shape index (κ1) is 23.9. The molecule has 2 aromatic rings. The van der Waals surface area contributed by atoms with Crippen LogP contribution >= 0.6 is 12.4 Å². The molecule has 0 aliphatic heterocycles. The highest BCUT2D eigenvalue weighted by Crippen LogP contribution is 2.19. The number of sulfonamides is 1. The van der Waals surface area contributed by atoms with Gasteiger partial charge in [0, 0.05) is 30.9 Å². The average Bonchev–Trinajstić information content (AvgIpc) is 2.64. The van der Waals surface area contributed by atoms with Crippen LogP contribution in [0.2, 0.25) is 0 Å². The maximum atomic E-state index is 12.7. The zero-order chi connectivity index (χ0) is 20.0. The molecule has 3 N–H and O–H groups in total. The number of nitrogens with zero attached hydrogens (tertiary/aromatic N) is 1. The zero-order valence-corrected chi connectivity index (χ0v) is 18.1. The minimum Gasteiger partial charge on any atom is -0.399 e. The Balaban J connectivity index is 0.00000392. The molecule has 154 valence electrons. The lowest BCUT2D eigenvalue weighted by Gasteiger charge is -2.19. The molecular weight excluding hydrogens is 398 g/mol. The van der Waals surface area contributed by atoms with E-state index in [0.29, 0.717) is 37.3 Å². The van der Waals surface area contributed by atoms with Gasteiger partial charge in [0.25, 0.3) is 5.91 Å². The summed E-state index contributed by atoms with van der Waals surface area (Å²) in [6.45, 7) is 6.60. The highest BCUT2D eigenvalue weighted by Gasteiger charge is 2.23. The number of aryl methyl sites for hydroxylation is 1. The lowest BCUT2D eigenvalue weighted by Crippen LogP contribution is -2.31. The van der Waals surface area contributed by atoms with Crippen molar-refractivity contribution >= 4 is 34.0 Å². The van der Waals surface area contributed by atoms with Gasteiger partial charge in [-0.15, -0.1) is 12.4 Å². The first-order valence-electron chi connectivity index (χ1n) is 9.03. The number of hydrogen-bond acceptors (Lipinski definition) is 4. The molecule has 0 saturated heterocycles. The number of amides is 1. The molecule has 2 rings (SSSR count). The molecule has 0 aromatic heterocycles. The second kappa shape index (κ2) is 10.5. The van der Waals surface area contributed by atoms with E-state index in [1.165, 1.54) is 10.4 Å². The van der Waals surface area contributed by atoms with E-state index in [1.54, 1.807) is 32.9 Å². The van der Waals surface area contributed by atoms with E-state index in [0.717, 1.165) is 11.1 Å². The van der Waals surface area contributed by atoms with Crippen LogP contribution in [-0.2, 0) is 16.4 Å². The summed E-state index contributed by atoms with van der Waals surface area (Å²) in [5.41, 5.74) is 8.54. The Hall–Kier alpha value is -2.09. The number of carbonyl (C=O) groups excluding carboxylic acids is 1. The van der Waals surface area contributed by atoms with Crippen molar-refractivity contribution in [2.75, 3.05) is 25.4 Å². The van der Waals surface area contributed by atoms with Gasteiger partial charge >= 0.3 is 0 Å². The molecule has 0 heterocycles. The Morgan fingerprint density at radius 3 is 2.25 bits per heavy atom. The lowest BCUT2D eigenvalue weighted by molar-refractivity contribution is 0.0953. The quantitative estimate of drug-likeness (QED) is 0.636. The van der Waals surface area contributed by atoms with Crippen LogP contribution in [0, 0.1) is 6.92 Å². The molecule has 1 amide bonds. The fourth-order valence-corrected chi connectivity index (χ4v) is 4.30. The Kier molecular flexibility index (Phi) is 8.94. The molecular formula is C20H28ClN3O3S. The summed E-state index contributed by atoms with van der Waals surface area (Å²) in [6.07, 6.45) is 0.669. The van der Waals surface area contributed by atoms with Crippen LogP contribution in [-0.4, -0.2) is 38.3 Å². The van der Waals surface area contributed by atoms with Crippen LogP contribution in [0.5, 0.6) is 0 Å². The molecule has 0 unspecified atom stereocenters. The topological polar surface area (TPSA) is 92.5 Å². The van der Waals surface area contributed by atoms with Crippen LogP contribution < -0.4 is 11.1 Å². The Morgan fingerprint density at radius 1 is 1.07 bits per heavy atom. The van der Waals surface area contributed by atoms with Crippen molar-refractivity contribution in [2.45, 2.75) is 32.1 Å². The maximum absolute atomic E-state index is 12.7. The minimum absolute atomic E-state index is 0. The summed E-state index contributed by atoms with van der Waals surface area (Å²) in [5, 5.41) is 2.86. The molecule has 2 aromatic carbocycles. The highest BCUT2D eigenvalue weighted by molar-refractivity contribution is 7.89. The number of hydrogen-bond donors (Lipinski definition) is 2. The van der Waals surface area contributed by atoms with E-state index in [2.05, 4.69) is 5.32 Å². The molecule has 0 bridgehead atoms. The van der Waals surface area contributed by atoms with Crippen LogP contribution in [0.15, 0.2) is 47.4 Å². The zero-order valence-electron chi connectivity index (χ0n) is 16.4. The number of halogens is 1. The first-order chi connectivity index (χ1) is 12.8. The van der Waals surface area contributed by atoms with Gasteiger partial charge < -0.3 is 11.1 Å². The van der Waals surface area contributed by atoms with Gasteiger partial charge in [0.2, 0.25) is 10.0 Å². The summed E-state index contributed by atoms with van der Waals surface area (Å²) in [7, 11) is -3.60. The van der Waals surface area contributed by atoms with Gasteiger partial charge in [-0.3, -0.25) is 4.79 Å². The summed E-state index contributed by atoms with van der Waals surface area (Å²) < 4.78 is 26.8. The normalized spacial score (nSPS) is 11.1. The molecule has 0 atom stereocenters. The minimum atomic E-state index is -3.60. The van der Waals surface area contributed by atoms with Crippen LogP contribution in [0.1, 0.15) is 35.3 Å². The second-order valence-corrected chi connectivity index (χ2v) is 8.25. The largest absolute Gasteiger partial charge is 0.399 e. The second-order valence-electron chi connectivity index (χ2n) is 6.31. The lowest BCUT2D eigenvalue weighted by atomic mass is 10.1. The third kappa shape index (κ3) is 5.70. The van der Waals surface area contributed by atoms with Gasteiger partial charge in [-0.1, -0.05) is 32.0 Å². The third-order valence-corrected chi connectivity index (χ3v) is 6.52. The molecule has 0 aliphatic rings. The van der Waals surface area contributed by atoms with Gasteiger partial charge in [-0.25, -0.2) is 8.42 Å². The van der Waals surface area contributed by atoms with Gasteiger partial charge in [-0.05, 0) is 48.7 Å². The average molecular weight is 426 g/mol. The Bertz CT molecular complexity index is 895.